The third-order valence-corrected chi connectivity index (χ3v) is 4.16. The minimum Gasteiger partial charge on any atom is -0.467 e. The Hall–Kier alpha value is -3.26. The lowest BCUT2D eigenvalue weighted by Gasteiger charge is -2.16. The van der Waals surface area contributed by atoms with Crippen LogP contribution in [0.5, 0.6) is 0 Å². The number of esters is 1. The van der Waals surface area contributed by atoms with E-state index in [-0.39, 0.29) is 6.54 Å². The molecule has 0 saturated heterocycles. The molecule has 1 amide bonds. The maximum atomic E-state index is 12.4. The fraction of sp³-hybridized carbons (Fsp3) is 0.211. The SMILES string of the molecule is COC(=O)[C@@H](Cc1ccccc1)NC(=O)Cn1nnc(-c2cccc(Cl)c2)n1. The summed E-state index contributed by atoms with van der Waals surface area (Å²) in [4.78, 5) is 25.5. The highest BCUT2D eigenvalue weighted by atomic mass is 35.5. The molecule has 28 heavy (non-hydrogen) atoms. The standard InChI is InChI=1S/C19H18ClN5O3/c1-28-19(27)16(10-13-6-3-2-4-7-13)21-17(26)12-25-23-18(22-24-25)14-8-5-9-15(20)11-14/h2-9,11,16H,10,12H2,1H3,(H,21,26)/t16-/m1/s1. The second kappa shape index (κ2) is 9.09. The Labute approximate surface area is 166 Å². The van der Waals surface area contributed by atoms with E-state index in [4.69, 9.17) is 16.3 Å². The van der Waals surface area contributed by atoms with E-state index in [1.807, 2.05) is 30.3 Å². The number of ether oxygens (including phenoxy) is 1. The second-order valence-corrected chi connectivity index (χ2v) is 6.42. The van der Waals surface area contributed by atoms with Gasteiger partial charge in [-0.3, -0.25) is 4.79 Å². The highest BCUT2D eigenvalue weighted by Gasteiger charge is 2.22. The first-order valence-electron chi connectivity index (χ1n) is 8.50. The Morgan fingerprint density at radius 1 is 1.18 bits per heavy atom. The van der Waals surface area contributed by atoms with Gasteiger partial charge in [-0.1, -0.05) is 54.1 Å². The van der Waals surface area contributed by atoms with E-state index in [0.29, 0.717) is 22.8 Å². The van der Waals surface area contributed by atoms with Gasteiger partial charge < -0.3 is 10.1 Å². The van der Waals surface area contributed by atoms with Crippen LogP contribution in [-0.4, -0.2) is 45.2 Å². The average Bonchev–Trinajstić information content (AvgIpc) is 3.16. The van der Waals surface area contributed by atoms with Gasteiger partial charge in [0.2, 0.25) is 11.7 Å². The van der Waals surface area contributed by atoms with Crippen molar-refractivity contribution in [2.24, 2.45) is 0 Å². The van der Waals surface area contributed by atoms with Gasteiger partial charge in [0.05, 0.1) is 7.11 Å². The van der Waals surface area contributed by atoms with Crippen LogP contribution in [0.2, 0.25) is 5.02 Å². The fourth-order valence-corrected chi connectivity index (χ4v) is 2.80. The topological polar surface area (TPSA) is 99.0 Å². The minimum atomic E-state index is -0.809. The van der Waals surface area contributed by atoms with Crippen LogP contribution in [0.3, 0.4) is 0 Å². The number of nitrogens with zero attached hydrogens (tertiary/aromatic N) is 4. The predicted octanol–water partition coefficient (Wildman–Crippen LogP) is 1.89. The lowest BCUT2D eigenvalue weighted by Crippen LogP contribution is -2.44. The molecule has 144 valence electrons. The van der Waals surface area contributed by atoms with Crippen LogP contribution in [0.4, 0.5) is 0 Å². The van der Waals surface area contributed by atoms with E-state index in [9.17, 15) is 9.59 Å². The summed E-state index contributed by atoms with van der Waals surface area (Å²) in [5, 5.41) is 15.2. The monoisotopic (exact) mass is 399 g/mol. The van der Waals surface area contributed by atoms with Crippen molar-refractivity contribution in [2.45, 2.75) is 19.0 Å². The van der Waals surface area contributed by atoms with Gasteiger partial charge in [0.15, 0.2) is 0 Å². The molecule has 0 aliphatic rings. The summed E-state index contributed by atoms with van der Waals surface area (Å²) in [5.41, 5.74) is 1.59. The van der Waals surface area contributed by atoms with Gasteiger partial charge in [-0.05, 0) is 22.9 Å². The molecule has 0 fully saturated rings. The van der Waals surface area contributed by atoms with Crippen LogP contribution in [0.25, 0.3) is 11.4 Å². The molecule has 0 radical (unpaired) electrons. The average molecular weight is 400 g/mol. The lowest BCUT2D eigenvalue weighted by molar-refractivity contribution is -0.145. The number of halogens is 1. The van der Waals surface area contributed by atoms with Gasteiger partial charge in [-0.2, -0.15) is 4.80 Å². The van der Waals surface area contributed by atoms with E-state index in [1.54, 1.807) is 24.3 Å². The molecule has 0 aliphatic carbocycles. The minimum absolute atomic E-state index is 0.185. The van der Waals surface area contributed by atoms with E-state index in [0.717, 1.165) is 10.4 Å². The zero-order valence-electron chi connectivity index (χ0n) is 15.1. The van der Waals surface area contributed by atoms with Gasteiger partial charge in [0.25, 0.3) is 0 Å². The number of carbonyl (C=O) groups is 2. The van der Waals surface area contributed by atoms with Crippen LogP contribution in [0.1, 0.15) is 5.56 Å². The van der Waals surface area contributed by atoms with Gasteiger partial charge in [-0.25, -0.2) is 4.79 Å². The zero-order chi connectivity index (χ0) is 19.9. The van der Waals surface area contributed by atoms with Crippen LogP contribution < -0.4 is 5.32 Å². The zero-order valence-corrected chi connectivity index (χ0v) is 15.8. The number of amides is 1. The largest absolute Gasteiger partial charge is 0.467 e. The Bertz CT molecular complexity index is 961. The Morgan fingerprint density at radius 2 is 1.96 bits per heavy atom. The van der Waals surface area contributed by atoms with Gasteiger partial charge >= 0.3 is 5.97 Å². The van der Waals surface area contributed by atoms with E-state index in [1.165, 1.54) is 7.11 Å². The third-order valence-electron chi connectivity index (χ3n) is 3.92. The maximum Gasteiger partial charge on any atom is 0.328 e. The molecule has 3 aromatic rings. The first-order valence-corrected chi connectivity index (χ1v) is 8.88. The number of tetrazole rings is 1. The lowest BCUT2D eigenvalue weighted by atomic mass is 10.1. The molecule has 0 saturated carbocycles. The number of rotatable bonds is 7. The number of benzene rings is 2. The van der Waals surface area contributed by atoms with Crippen molar-refractivity contribution in [1.29, 1.82) is 0 Å². The van der Waals surface area contributed by atoms with E-state index < -0.39 is 17.9 Å². The molecule has 0 bridgehead atoms. The molecule has 1 N–H and O–H groups in total. The maximum absolute atomic E-state index is 12.4. The second-order valence-electron chi connectivity index (χ2n) is 5.99. The summed E-state index contributed by atoms with van der Waals surface area (Å²) < 4.78 is 4.79. The molecule has 3 rings (SSSR count). The molecule has 9 heteroatoms. The van der Waals surface area contributed by atoms with Gasteiger partial charge in [-0.15, -0.1) is 10.2 Å². The number of hydrogen-bond donors (Lipinski definition) is 1. The van der Waals surface area contributed by atoms with Gasteiger partial charge in [0.1, 0.15) is 12.6 Å². The summed E-state index contributed by atoms with van der Waals surface area (Å²) >= 11 is 5.96. The summed E-state index contributed by atoms with van der Waals surface area (Å²) in [6.07, 6.45) is 0.317. The molecule has 8 nitrogen and oxygen atoms in total. The van der Waals surface area contributed by atoms with Crippen LogP contribution in [0, 0.1) is 0 Å². The van der Waals surface area contributed by atoms with Crippen molar-refractivity contribution in [3.05, 3.63) is 65.2 Å². The Balaban J connectivity index is 1.65. The number of nitrogens with one attached hydrogen (secondary N) is 1. The fourth-order valence-electron chi connectivity index (χ4n) is 2.61. The molecular formula is C19H18ClN5O3. The smallest absolute Gasteiger partial charge is 0.328 e. The van der Waals surface area contributed by atoms with Crippen molar-refractivity contribution in [3.8, 4) is 11.4 Å². The normalized spacial score (nSPS) is 11.6. The van der Waals surface area contributed by atoms with Crippen LogP contribution >= 0.6 is 11.6 Å². The summed E-state index contributed by atoms with van der Waals surface area (Å²) in [6, 6.07) is 15.6. The molecular weight excluding hydrogens is 382 g/mol. The molecule has 1 aromatic heterocycles. The quantitative estimate of drug-likeness (QED) is 0.609. The highest BCUT2D eigenvalue weighted by Crippen LogP contribution is 2.18. The summed E-state index contributed by atoms with van der Waals surface area (Å²) in [7, 11) is 1.28. The number of carbonyl (C=O) groups excluding carboxylic acids is 2. The van der Waals surface area contributed by atoms with E-state index >= 15 is 0 Å². The number of hydrogen-bond acceptors (Lipinski definition) is 6. The predicted molar refractivity (Wildman–Crippen MR) is 102 cm³/mol. The first kappa shape index (κ1) is 19.5. The van der Waals surface area contributed by atoms with Crippen LogP contribution in [-0.2, 0) is 27.3 Å². The highest BCUT2D eigenvalue weighted by molar-refractivity contribution is 6.30. The van der Waals surface area contributed by atoms with Crippen molar-refractivity contribution in [3.63, 3.8) is 0 Å². The molecule has 0 unspecified atom stereocenters. The molecule has 0 aliphatic heterocycles. The van der Waals surface area contributed by atoms with Gasteiger partial charge in [0, 0.05) is 17.0 Å². The molecule has 1 atom stereocenters. The van der Waals surface area contributed by atoms with E-state index in [2.05, 4.69) is 20.7 Å². The third kappa shape index (κ3) is 5.14. The van der Waals surface area contributed by atoms with Crippen molar-refractivity contribution in [2.75, 3.05) is 7.11 Å². The number of aromatic nitrogens is 4. The van der Waals surface area contributed by atoms with Crippen molar-refractivity contribution in [1.82, 2.24) is 25.5 Å². The Morgan fingerprint density at radius 3 is 2.68 bits per heavy atom. The molecule has 1 heterocycles. The van der Waals surface area contributed by atoms with Crippen molar-refractivity contribution >= 4 is 23.5 Å². The Kier molecular flexibility index (Phi) is 6.33. The molecule has 0 spiro atoms. The van der Waals surface area contributed by atoms with Crippen LogP contribution in [0.15, 0.2) is 54.6 Å². The molecule has 2 aromatic carbocycles. The number of methoxy groups -OCH3 is 1. The van der Waals surface area contributed by atoms with Crippen molar-refractivity contribution < 1.29 is 14.3 Å². The summed E-state index contributed by atoms with van der Waals surface area (Å²) in [6.45, 7) is -0.185. The first-order chi connectivity index (χ1) is 13.5. The summed E-state index contributed by atoms with van der Waals surface area (Å²) in [5.74, 6) is -0.603.